The maximum atomic E-state index is 13.8. The highest BCUT2D eigenvalue weighted by Gasteiger charge is 2.17. The molecule has 0 fully saturated rings. The lowest BCUT2D eigenvalue weighted by Crippen LogP contribution is -2.43. The number of amides is 2. The average Bonchev–Trinajstić information content (AvgIpc) is 3.03. The van der Waals surface area contributed by atoms with Gasteiger partial charge in [0, 0.05) is 30.1 Å². The van der Waals surface area contributed by atoms with Crippen LogP contribution in [0.4, 0.5) is 8.78 Å². The predicted molar refractivity (Wildman–Crippen MR) is 104 cm³/mol. The fraction of sp³-hybridized carbons (Fsp3) is 0.238. The number of nitrogens with one attached hydrogen (secondary N) is 3. The summed E-state index contributed by atoms with van der Waals surface area (Å²) in [4.78, 5) is 27.0. The molecule has 0 spiro atoms. The number of fused-ring (bicyclic) bond motifs is 1. The second-order valence-electron chi connectivity index (χ2n) is 6.58. The zero-order chi connectivity index (χ0) is 20.3. The van der Waals surface area contributed by atoms with E-state index in [2.05, 4.69) is 15.6 Å². The van der Waals surface area contributed by atoms with Gasteiger partial charge in [0.2, 0.25) is 11.8 Å². The molecule has 0 saturated carbocycles. The van der Waals surface area contributed by atoms with E-state index < -0.39 is 6.04 Å². The van der Waals surface area contributed by atoms with Gasteiger partial charge in [0.1, 0.15) is 17.7 Å². The Hall–Kier alpha value is -3.22. The second-order valence-corrected chi connectivity index (χ2v) is 6.58. The summed E-state index contributed by atoms with van der Waals surface area (Å²) in [5.41, 5.74) is 2.96. The summed E-state index contributed by atoms with van der Waals surface area (Å²) in [7, 11) is 1.50. The lowest BCUT2D eigenvalue weighted by Gasteiger charge is -2.12. The summed E-state index contributed by atoms with van der Waals surface area (Å²) in [6.45, 7) is 1.60. The molecule has 1 atom stereocenters. The summed E-state index contributed by atoms with van der Waals surface area (Å²) < 4.78 is 27.1. The van der Waals surface area contributed by atoms with Crippen molar-refractivity contribution in [2.45, 2.75) is 25.8 Å². The monoisotopic (exact) mass is 385 g/mol. The molecule has 146 valence electrons. The zero-order valence-corrected chi connectivity index (χ0v) is 15.6. The topological polar surface area (TPSA) is 74.0 Å². The van der Waals surface area contributed by atoms with Crippen molar-refractivity contribution in [3.8, 4) is 11.3 Å². The van der Waals surface area contributed by atoms with E-state index in [0.717, 1.165) is 16.6 Å². The molecule has 0 radical (unpaired) electrons. The third-order valence-electron chi connectivity index (χ3n) is 4.62. The number of likely N-dealkylation sites (N-methyl/N-ethyl adjacent to an activating group) is 1. The van der Waals surface area contributed by atoms with Crippen LogP contribution in [0.15, 0.2) is 42.5 Å². The van der Waals surface area contributed by atoms with Gasteiger partial charge in [-0.15, -0.1) is 0 Å². The molecule has 1 unspecified atom stereocenters. The van der Waals surface area contributed by atoms with E-state index in [-0.39, 0.29) is 29.9 Å². The first-order valence-electron chi connectivity index (χ1n) is 8.96. The van der Waals surface area contributed by atoms with Crippen molar-refractivity contribution in [3.05, 3.63) is 59.7 Å². The van der Waals surface area contributed by atoms with Gasteiger partial charge in [0.25, 0.3) is 0 Å². The van der Waals surface area contributed by atoms with Gasteiger partial charge >= 0.3 is 0 Å². The Balaban J connectivity index is 1.89. The molecule has 3 N–H and O–H groups in total. The maximum Gasteiger partial charge on any atom is 0.242 e. The lowest BCUT2D eigenvalue weighted by molar-refractivity contribution is -0.128. The van der Waals surface area contributed by atoms with Crippen LogP contribution in [0.2, 0.25) is 0 Å². The fourth-order valence-electron chi connectivity index (χ4n) is 3.18. The van der Waals surface area contributed by atoms with Gasteiger partial charge in [-0.1, -0.05) is 0 Å². The minimum absolute atomic E-state index is 0.124. The van der Waals surface area contributed by atoms with E-state index in [0.29, 0.717) is 17.5 Å². The van der Waals surface area contributed by atoms with Crippen LogP contribution in [-0.2, 0) is 16.0 Å². The summed E-state index contributed by atoms with van der Waals surface area (Å²) in [5, 5.41) is 5.78. The van der Waals surface area contributed by atoms with Crippen LogP contribution in [0.25, 0.3) is 22.2 Å². The van der Waals surface area contributed by atoms with Crippen molar-refractivity contribution in [3.63, 3.8) is 0 Å². The Morgan fingerprint density at radius 1 is 1.07 bits per heavy atom. The van der Waals surface area contributed by atoms with Crippen LogP contribution < -0.4 is 10.6 Å². The maximum absolute atomic E-state index is 13.8. The fourth-order valence-corrected chi connectivity index (χ4v) is 3.18. The van der Waals surface area contributed by atoms with Crippen molar-refractivity contribution >= 4 is 22.7 Å². The third kappa shape index (κ3) is 4.19. The molecule has 0 aliphatic rings. The molecule has 0 aliphatic heterocycles. The highest BCUT2D eigenvalue weighted by Crippen LogP contribution is 2.32. The number of carbonyl (C=O) groups is 2. The molecule has 3 rings (SSSR count). The molecule has 28 heavy (non-hydrogen) atoms. The van der Waals surface area contributed by atoms with Gasteiger partial charge in [0.15, 0.2) is 0 Å². The number of aromatic nitrogens is 1. The summed E-state index contributed by atoms with van der Waals surface area (Å²) in [6, 6.07) is 9.73. The average molecular weight is 385 g/mol. The molecule has 0 aliphatic carbocycles. The number of halogens is 2. The second kappa shape index (κ2) is 8.21. The largest absolute Gasteiger partial charge is 0.357 e. The van der Waals surface area contributed by atoms with Crippen molar-refractivity contribution in [1.29, 1.82) is 0 Å². The molecule has 7 heteroatoms. The molecule has 5 nitrogen and oxygen atoms in total. The molecule has 2 aromatic carbocycles. The Morgan fingerprint density at radius 2 is 1.75 bits per heavy atom. The highest BCUT2D eigenvalue weighted by molar-refractivity contribution is 5.92. The lowest BCUT2D eigenvalue weighted by atomic mass is 10.0. The number of carbonyl (C=O) groups excluding carboxylic acids is 2. The van der Waals surface area contributed by atoms with Crippen molar-refractivity contribution in [2.24, 2.45) is 0 Å². The molecule has 1 heterocycles. The summed E-state index contributed by atoms with van der Waals surface area (Å²) in [5.74, 6) is -1.30. The minimum atomic E-state index is -0.644. The van der Waals surface area contributed by atoms with Crippen LogP contribution in [0, 0.1) is 11.6 Å². The number of benzene rings is 2. The standard InChI is InChI=1S/C21H21F2N3O2/c1-12(21(28)24-2)25-19(27)10-8-16-17-11-15(23)7-9-18(17)26-20(16)13-3-5-14(22)6-4-13/h3-7,9,11-12,26H,8,10H2,1-2H3,(H,24,28)(H,25,27). The minimum Gasteiger partial charge on any atom is -0.357 e. The van der Waals surface area contributed by atoms with E-state index in [1.807, 2.05) is 0 Å². The van der Waals surface area contributed by atoms with Crippen LogP contribution in [0.3, 0.4) is 0 Å². The molecule has 0 bridgehead atoms. The number of aryl methyl sites for hydroxylation is 1. The van der Waals surface area contributed by atoms with E-state index >= 15 is 0 Å². The number of rotatable bonds is 6. The Labute approximate surface area is 161 Å². The summed E-state index contributed by atoms with van der Waals surface area (Å²) >= 11 is 0. The van der Waals surface area contributed by atoms with Gasteiger partial charge in [-0.2, -0.15) is 0 Å². The highest BCUT2D eigenvalue weighted by atomic mass is 19.1. The van der Waals surface area contributed by atoms with Gasteiger partial charge < -0.3 is 15.6 Å². The molecule has 0 saturated heterocycles. The first-order chi connectivity index (χ1) is 13.4. The van der Waals surface area contributed by atoms with E-state index in [1.54, 1.807) is 25.1 Å². The Bertz CT molecular complexity index is 1010. The van der Waals surface area contributed by atoms with Crippen molar-refractivity contribution < 1.29 is 18.4 Å². The van der Waals surface area contributed by atoms with Crippen molar-refractivity contribution in [1.82, 2.24) is 15.6 Å². The van der Waals surface area contributed by atoms with Crippen molar-refractivity contribution in [2.75, 3.05) is 7.05 Å². The predicted octanol–water partition coefficient (Wildman–Crippen LogP) is 3.30. The molecule has 1 aromatic heterocycles. The summed E-state index contributed by atoms with van der Waals surface area (Å²) in [6.07, 6.45) is 0.460. The zero-order valence-electron chi connectivity index (χ0n) is 15.6. The molecular formula is C21H21F2N3O2. The number of aromatic amines is 1. The van der Waals surface area contributed by atoms with Gasteiger partial charge in [-0.05, 0) is 66.9 Å². The van der Waals surface area contributed by atoms with Crippen LogP contribution >= 0.6 is 0 Å². The number of H-pyrrole nitrogens is 1. The van der Waals surface area contributed by atoms with Gasteiger partial charge in [0.05, 0.1) is 0 Å². The van der Waals surface area contributed by atoms with Crippen LogP contribution in [-0.4, -0.2) is 29.9 Å². The Kier molecular flexibility index (Phi) is 5.73. The van der Waals surface area contributed by atoms with Crippen LogP contribution in [0.5, 0.6) is 0 Å². The van der Waals surface area contributed by atoms with E-state index in [1.165, 1.54) is 31.3 Å². The molecule has 2 amide bonds. The van der Waals surface area contributed by atoms with Crippen LogP contribution in [0.1, 0.15) is 18.9 Å². The van der Waals surface area contributed by atoms with Gasteiger partial charge in [-0.3, -0.25) is 9.59 Å². The molecular weight excluding hydrogens is 364 g/mol. The number of hydrogen-bond acceptors (Lipinski definition) is 2. The molecule has 3 aromatic rings. The first-order valence-corrected chi connectivity index (χ1v) is 8.96. The number of hydrogen-bond donors (Lipinski definition) is 3. The first kappa shape index (κ1) is 19.5. The third-order valence-corrected chi connectivity index (χ3v) is 4.62. The quantitative estimate of drug-likeness (QED) is 0.609. The Morgan fingerprint density at radius 3 is 2.43 bits per heavy atom. The smallest absolute Gasteiger partial charge is 0.242 e. The van der Waals surface area contributed by atoms with E-state index in [4.69, 9.17) is 0 Å². The normalized spacial score (nSPS) is 12.0. The van der Waals surface area contributed by atoms with Gasteiger partial charge in [-0.25, -0.2) is 8.78 Å². The SMILES string of the molecule is CNC(=O)C(C)NC(=O)CCc1c(-c2ccc(F)cc2)[nH]c2ccc(F)cc12. The van der Waals surface area contributed by atoms with E-state index in [9.17, 15) is 18.4 Å².